The monoisotopic (exact) mass is 385 g/mol. The number of nitrogens with one attached hydrogen (secondary N) is 1. The van der Waals surface area contributed by atoms with Gasteiger partial charge in [-0.25, -0.2) is 8.42 Å². The van der Waals surface area contributed by atoms with E-state index < -0.39 is 21.8 Å². The summed E-state index contributed by atoms with van der Waals surface area (Å²) in [5.74, 6) is 0.451. The number of benzene rings is 1. The highest BCUT2D eigenvalue weighted by Crippen LogP contribution is 2.27. The Morgan fingerprint density at radius 2 is 1.96 bits per heavy atom. The maximum atomic E-state index is 12.2. The molecule has 1 aromatic heterocycles. The number of hydrogen-bond acceptors (Lipinski definition) is 8. The van der Waals surface area contributed by atoms with E-state index in [1.807, 2.05) is 0 Å². The van der Waals surface area contributed by atoms with Gasteiger partial charge in [0, 0.05) is 0 Å². The molecule has 0 spiro atoms. The number of hydrogen-bond donors (Lipinski definition) is 1. The summed E-state index contributed by atoms with van der Waals surface area (Å²) in [7, 11) is -1.95. The first-order valence-electron chi connectivity index (χ1n) is 7.54. The summed E-state index contributed by atoms with van der Waals surface area (Å²) in [6.07, 6.45) is -0.358. The van der Waals surface area contributed by atoms with Gasteiger partial charge < -0.3 is 9.47 Å². The van der Waals surface area contributed by atoms with Crippen LogP contribution in [0.4, 0.5) is 5.13 Å². The quantitative estimate of drug-likeness (QED) is 0.694. The molecule has 0 unspecified atom stereocenters. The molecule has 136 valence electrons. The number of aromatic nitrogens is 2. The molecule has 1 aromatic carbocycles. The van der Waals surface area contributed by atoms with Gasteiger partial charge in [-0.2, -0.15) is 0 Å². The van der Waals surface area contributed by atoms with E-state index in [0.717, 1.165) is 11.3 Å². The summed E-state index contributed by atoms with van der Waals surface area (Å²) in [4.78, 5) is 12.2. The second kappa shape index (κ2) is 8.26. The average molecular weight is 385 g/mol. The Bertz CT molecular complexity index is 835. The molecule has 1 amide bonds. The van der Waals surface area contributed by atoms with Crippen molar-refractivity contribution in [1.82, 2.24) is 10.2 Å². The standard InChI is InChI=1S/C15H19N3O5S2/c1-4-9-25(20,21)15-18-17-14(24-15)16-13(19)10(2)23-12-8-6-5-7-11(12)22-3/h5-8,10H,4,9H2,1-3H3,(H,16,17,19)/t10-/m1/s1. The van der Waals surface area contributed by atoms with Crippen LogP contribution in [0.5, 0.6) is 11.5 Å². The molecule has 10 heteroatoms. The predicted octanol–water partition coefficient (Wildman–Crippen LogP) is 2.14. The highest BCUT2D eigenvalue weighted by Gasteiger charge is 2.22. The van der Waals surface area contributed by atoms with Gasteiger partial charge in [0.15, 0.2) is 17.6 Å². The molecule has 2 rings (SSSR count). The molecule has 0 aliphatic heterocycles. The summed E-state index contributed by atoms with van der Waals surface area (Å²) >= 11 is 0.817. The van der Waals surface area contributed by atoms with Crippen molar-refractivity contribution in [2.45, 2.75) is 30.7 Å². The Hall–Kier alpha value is -2.20. The number of anilines is 1. The summed E-state index contributed by atoms with van der Waals surface area (Å²) < 4.78 is 34.5. The second-order valence-corrected chi connectivity index (χ2v) is 8.35. The number of para-hydroxylation sites is 2. The fourth-order valence-electron chi connectivity index (χ4n) is 1.91. The third-order valence-electron chi connectivity index (χ3n) is 3.12. The Labute approximate surface area is 150 Å². The van der Waals surface area contributed by atoms with Gasteiger partial charge >= 0.3 is 0 Å². The normalized spacial score (nSPS) is 12.4. The van der Waals surface area contributed by atoms with E-state index in [0.29, 0.717) is 17.9 Å². The molecule has 0 saturated heterocycles. The van der Waals surface area contributed by atoms with Gasteiger partial charge in [0.1, 0.15) is 0 Å². The highest BCUT2D eigenvalue weighted by atomic mass is 32.2. The van der Waals surface area contributed by atoms with Crippen LogP contribution in [0.15, 0.2) is 28.6 Å². The lowest BCUT2D eigenvalue weighted by Crippen LogP contribution is -2.30. The molecule has 0 radical (unpaired) electrons. The summed E-state index contributed by atoms with van der Waals surface area (Å²) in [6, 6.07) is 6.95. The van der Waals surface area contributed by atoms with Gasteiger partial charge in [-0.15, -0.1) is 10.2 Å². The molecule has 25 heavy (non-hydrogen) atoms. The lowest BCUT2D eigenvalue weighted by Gasteiger charge is -2.15. The zero-order valence-electron chi connectivity index (χ0n) is 14.1. The molecule has 1 heterocycles. The van der Waals surface area contributed by atoms with Crippen molar-refractivity contribution in [3.05, 3.63) is 24.3 Å². The molecule has 1 N–H and O–H groups in total. The number of nitrogens with zero attached hydrogens (tertiary/aromatic N) is 2. The van der Waals surface area contributed by atoms with Crippen molar-refractivity contribution in [2.75, 3.05) is 18.2 Å². The second-order valence-electron chi connectivity index (χ2n) is 5.09. The number of sulfone groups is 1. The molecule has 0 aliphatic carbocycles. The molecule has 0 bridgehead atoms. The van der Waals surface area contributed by atoms with Gasteiger partial charge in [0.05, 0.1) is 12.9 Å². The van der Waals surface area contributed by atoms with Crippen molar-refractivity contribution < 1.29 is 22.7 Å². The fourth-order valence-corrected chi connectivity index (χ4v) is 4.26. The fraction of sp³-hybridized carbons (Fsp3) is 0.400. The van der Waals surface area contributed by atoms with Gasteiger partial charge in [-0.3, -0.25) is 10.1 Å². The largest absolute Gasteiger partial charge is 0.493 e. The number of ether oxygens (including phenoxy) is 2. The Balaban J connectivity index is 2.03. The minimum Gasteiger partial charge on any atom is -0.493 e. The van der Waals surface area contributed by atoms with Crippen molar-refractivity contribution in [1.29, 1.82) is 0 Å². The van der Waals surface area contributed by atoms with Crippen molar-refractivity contribution in [3.63, 3.8) is 0 Å². The van der Waals surface area contributed by atoms with Crippen LogP contribution in [0.2, 0.25) is 0 Å². The van der Waals surface area contributed by atoms with E-state index in [4.69, 9.17) is 9.47 Å². The summed E-state index contributed by atoms with van der Waals surface area (Å²) in [6.45, 7) is 3.33. The van der Waals surface area contributed by atoms with Crippen molar-refractivity contribution in [2.24, 2.45) is 0 Å². The third kappa shape index (κ3) is 4.89. The Morgan fingerprint density at radius 1 is 1.28 bits per heavy atom. The molecule has 0 fully saturated rings. The third-order valence-corrected chi connectivity index (χ3v) is 6.32. The summed E-state index contributed by atoms with van der Waals surface area (Å²) in [5.41, 5.74) is 0. The van der Waals surface area contributed by atoms with Crippen molar-refractivity contribution >= 4 is 32.2 Å². The Morgan fingerprint density at radius 3 is 2.60 bits per heavy atom. The van der Waals surface area contributed by atoms with Gasteiger partial charge in [0.25, 0.3) is 5.91 Å². The van der Waals surface area contributed by atoms with Crippen LogP contribution >= 0.6 is 11.3 Å². The first kappa shape index (κ1) is 19.1. The topological polar surface area (TPSA) is 107 Å². The number of carbonyl (C=O) groups excluding carboxylic acids is 1. The zero-order valence-corrected chi connectivity index (χ0v) is 15.7. The number of methoxy groups -OCH3 is 1. The first-order valence-corrected chi connectivity index (χ1v) is 10.0. The zero-order chi connectivity index (χ0) is 18.4. The first-order chi connectivity index (χ1) is 11.9. The minimum absolute atomic E-state index is 0.0110. The van der Waals surface area contributed by atoms with Crippen LogP contribution in [-0.2, 0) is 14.6 Å². The molecule has 1 atom stereocenters. The number of carbonyl (C=O) groups is 1. The van der Waals surface area contributed by atoms with Crippen LogP contribution in [0.25, 0.3) is 0 Å². The molecule has 0 aliphatic rings. The molecule has 8 nitrogen and oxygen atoms in total. The number of rotatable bonds is 8. The van der Waals surface area contributed by atoms with Gasteiger partial charge in [0.2, 0.25) is 19.3 Å². The van der Waals surface area contributed by atoms with Crippen molar-refractivity contribution in [3.8, 4) is 11.5 Å². The summed E-state index contributed by atoms with van der Waals surface area (Å²) in [5, 5.41) is 9.96. The molecule has 2 aromatic rings. The predicted molar refractivity (Wildman–Crippen MR) is 94.0 cm³/mol. The molecule has 0 saturated carbocycles. The smallest absolute Gasteiger partial charge is 0.266 e. The average Bonchev–Trinajstić information content (AvgIpc) is 3.04. The SMILES string of the molecule is CCCS(=O)(=O)c1nnc(NC(=O)[C@@H](C)Oc2ccccc2OC)s1. The maximum Gasteiger partial charge on any atom is 0.266 e. The van der Waals surface area contributed by atoms with E-state index in [9.17, 15) is 13.2 Å². The lowest BCUT2D eigenvalue weighted by molar-refractivity contribution is -0.122. The van der Waals surface area contributed by atoms with Crippen LogP contribution in [0.1, 0.15) is 20.3 Å². The van der Waals surface area contributed by atoms with Gasteiger partial charge in [-0.05, 0) is 25.5 Å². The van der Waals surface area contributed by atoms with E-state index in [1.54, 1.807) is 38.1 Å². The molecular formula is C15H19N3O5S2. The van der Waals surface area contributed by atoms with Crippen LogP contribution in [-0.4, -0.2) is 43.5 Å². The highest BCUT2D eigenvalue weighted by molar-refractivity contribution is 7.93. The van der Waals surface area contributed by atoms with E-state index >= 15 is 0 Å². The Kier molecular flexibility index (Phi) is 6.32. The van der Waals surface area contributed by atoms with E-state index in [2.05, 4.69) is 15.5 Å². The van der Waals surface area contributed by atoms with Gasteiger partial charge in [-0.1, -0.05) is 30.4 Å². The van der Waals surface area contributed by atoms with Crippen LogP contribution in [0, 0.1) is 0 Å². The number of amides is 1. The van der Waals surface area contributed by atoms with Crippen LogP contribution < -0.4 is 14.8 Å². The maximum absolute atomic E-state index is 12.2. The van der Waals surface area contributed by atoms with E-state index in [1.165, 1.54) is 7.11 Å². The molecular weight excluding hydrogens is 366 g/mol. The van der Waals surface area contributed by atoms with Crippen LogP contribution in [0.3, 0.4) is 0 Å². The lowest BCUT2D eigenvalue weighted by atomic mass is 10.3. The van der Waals surface area contributed by atoms with E-state index in [-0.39, 0.29) is 15.2 Å². The minimum atomic E-state index is -3.46.